The van der Waals surface area contributed by atoms with Crippen molar-refractivity contribution in [2.75, 3.05) is 0 Å². The quantitative estimate of drug-likeness (QED) is 0.503. The van der Waals surface area contributed by atoms with E-state index >= 15 is 0 Å². The number of aromatic hydroxyl groups is 4. The molecule has 0 aliphatic rings. The van der Waals surface area contributed by atoms with Crippen LogP contribution in [0.1, 0.15) is 0 Å². The van der Waals surface area contributed by atoms with Crippen molar-refractivity contribution in [1.29, 1.82) is 0 Å². The maximum Gasteiger partial charge on any atom is 0.409 e. The Balaban J connectivity index is 2.01. The first-order chi connectivity index (χ1) is 10.4. The Hall–Kier alpha value is -3.74. The highest BCUT2D eigenvalue weighted by molar-refractivity contribution is 5.98. The molecule has 2 rings (SSSR count). The van der Waals surface area contributed by atoms with Gasteiger partial charge in [0, 0.05) is 36.1 Å². The molecular formula is C12H8N2O8. The molecule has 2 aromatic rings. The number of carbonyl (C=O) groups excluding carboxylic acids is 2. The van der Waals surface area contributed by atoms with Gasteiger partial charge >= 0.3 is 11.9 Å². The van der Waals surface area contributed by atoms with E-state index in [1.54, 1.807) is 11.8 Å². The molecule has 10 nitrogen and oxygen atoms in total. The van der Waals surface area contributed by atoms with E-state index < -0.39 is 35.5 Å². The van der Waals surface area contributed by atoms with Crippen molar-refractivity contribution in [2.45, 2.75) is 0 Å². The van der Waals surface area contributed by atoms with Crippen LogP contribution in [0.15, 0.2) is 24.3 Å². The van der Waals surface area contributed by atoms with Gasteiger partial charge in [0.05, 0.1) is 0 Å². The van der Waals surface area contributed by atoms with Crippen LogP contribution >= 0.6 is 0 Å². The first-order valence-corrected chi connectivity index (χ1v) is 5.54. The third-order valence-corrected chi connectivity index (χ3v) is 2.21. The second kappa shape index (κ2) is 5.71. The standard InChI is InChI=1S/C12H8N2O8/c15-7-1-2-8(16)13(7)21-11(19)5-6-12(20)22-14-9(17)3-4-10(14)18/h1-4,15-18H. The van der Waals surface area contributed by atoms with Crippen LogP contribution in [0.3, 0.4) is 0 Å². The van der Waals surface area contributed by atoms with Crippen LogP contribution in [0, 0.1) is 11.8 Å². The van der Waals surface area contributed by atoms with E-state index in [2.05, 4.69) is 9.68 Å². The summed E-state index contributed by atoms with van der Waals surface area (Å²) in [5.41, 5.74) is 0. The summed E-state index contributed by atoms with van der Waals surface area (Å²) in [5, 5.41) is 36.9. The van der Waals surface area contributed by atoms with E-state index in [1.807, 2.05) is 0 Å². The number of nitrogens with zero attached hydrogens (tertiary/aromatic N) is 2. The molecule has 0 bridgehead atoms. The Bertz CT molecular complexity index is 689. The molecule has 0 atom stereocenters. The van der Waals surface area contributed by atoms with Gasteiger partial charge in [0.1, 0.15) is 0 Å². The summed E-state index contributed by atoms with van der Waals surface area (Å²) in [6, 6.07) is 4.23. The molecule has 2 aromatic heterocycles. The predicted molar refractivity (Wildman–Crippen MR) is 66.5 cm³/mol. The van der Waals surface area contributed by atoms with E-state index in [0.717, 1.165) is 24.3 Å². The minimum atomic E-state index is -1.28. The average molecular weight is 308 g/mol. The summed E-state index contributed by atoms with van der Waals surface area (Å²) >= 11 is 0. The van der Waals surface area contributed by atoms with E-state index in [9.17, 15) is 30.0 Å². The van der Waals surface area contributed by atoms with Gasteiger partial charge in [-0.15, -0.1) is 9.46 Å². The maximum absolute atomic E-state index is 11.3. The largest absolute Gasteiger partial charge is 0.492 e. The van der Waals surface area contributed by atoms with Crippen molar-refractivity contribution in [3.8, 4) is 35.4 Å². The fourth-order valence-corrected chi connectivity index (χ4v) is 1.30. The fourth-order valence-electron chi connectivity index (χ4n) is 1.30. The summed E-state index contributed by atoms with van der Waals surface area (Å²) in [6.45, 7) is 0. The zero-order valence-corrected chi connectivity index (χ0v) is 10.6. The van der Waals surface area contributed by atoms with Gasteiger partial charge in [-0.05, 0) is 0 Å². The Labute approximate surface area is 121 Å². The molecule has 22 heavy (non-hydrogen) atoms. The van der Waals surface area contributed by atoms with Gasteiger partial charge in [0.2, 0.25) is 23.5 Å². The van der Waals surface area contributed by atoms with Gasteiger partial charge in [0.15, 0.2) is 0 Å². The SMILES string of the molecule is O=C(C#CC(=O)On1c(O)ccc1O)On1c(O)ccc1O. The molecule has 0 aliphatic carbocycles. The summed E-state index contributed by atoms with van der Waals surface area (Å²) in [7, 11) is 0. The minimum absolute atomic E-state index is 0.381. The second-order valence-corrected chi connectivity index (χ2v) is 3.70. The van der Waals surface area contributed by atoms with Crippen molar-refractivity contribution in [3.63, 3.8) is 0 Å². The lowest BCUT2D eigenvalue weighted by atomic mass is 10.6. The van der Waals surface area contributed by atoms with E-state index in [1.165, 1.54) is 0 Å². The zero-order chi connectivity index (χ0) is 16.3. The van der Waals surface area contributed by atoms with Crippen LogP contribution < -0.4 is 9.68 Å². The number of hydrogen-bond donors (Lipinski definition) is 4. The second-order valence-electron chi connectivity index (χ2n) is 3.70. The molecular weight excluding hydrogens is 300 g/mol. The van der Waals surface area contributed by atoms with E-state index in [-0.39, 0.29) is 0 Å². The van der Waals surface area contributed by atoms with Crippen molar-refractivity contribution >= 4 is 11.9 Å². The number of rotatable bonds is 2. The monoisotopic (exact) mass is 308 g/mol. The van der Waals surface area contributed by atoms with E-state index in [4.69, 9.17) is 0 Å². The van der Waals surface area contributed by atoms with Gasteiger partial charge in [-0.25, -0.2) is 9.59 Å². The third kappa shape index (κ3) is 3.05. The molecule has 0 aliphatic heterocycles. The van der Waals surface area contributed by atoms with Gasteiger partial charge in [-0.1, -0.05) is 0 Å². The van der Waals surface area contributed by atoms with Crippen molar-refractivity contribution in [3.05, 3.63) is 24.3 Å². The lowest BCUT2D eigenvalue weighted by Gasteiger charge is -2.03. The fraction of sp³-hybridized carbons (Fsp3) is 0. The number of carbonyl (C=O) groups is 2. The van der Waals surface area contributed by atoms with Crippen LogP contribution in [0.2, 0.25) is 0 Å². The summed E-state index contributed by atoms with van der Waals surface area (Å²) in [6.07, 6.45) is 0. The molecule has 0 saturated carbocycles. The van der Waals surface area contributed by atoms with Crippen LogP contribution in [0.4, 0.5) is 0 Å². The van der Waals surface area contributed by atoms with Crippen molar-refractivity contribution < 1.29 is 39.7 Å². The van der Waals surface area contributed by atoms with Gasteiger partial charge in [0.25, 0.3) is 0 Å². The molecule has 0 amide bonds. The summed E-state index contributed by atoms with van der Waals surface area (Å²) < 4.78 is 0.762. The Morgan fingerprint density at radius 2 is 1.00 bits per heavy atom. The molecule has 2 heterocycles. The Morgan fingerprint density at radius 1 is 0.727 bits per heavy atom. The molecule has 4 N–H and O–H groups in total. The first kappa shape index (κ1) is 14.7. The van der Waals surface area contributed by atoms with Gasteiger partial charge in [-0.3, -0.25) is 0 Å². The summed E-state index contributed by atoms with van der Waals surface area (Å²) in [4.78, 5) is 31.5. The zero-order valence-electron chi connectivity index (χ0n) is 10.6. The molecule has 0 saturated heterocycles. The smallest absolute Gasteiger partial charge is 0.409 e. The Kier molecular flexibility index (Phi) is 3.81. The van der Waals surface area contributed by atoms with Gasteiger partial charge < -0.3 is 30.1 Å². The lowest BCUT2D eigenvalue weighted by molar-refractivity contribution is -0.140. The van der Waals surface area contributed by atoms with Crippen LogP contribution in [0.25, 0.3) is 0 Å². The molecule has 10 heteroatoms. The third-order valence-electron chi connectivity index (χ3n) is 2.21. The molecule has 0 aromatic carbocycles. The van der Waals surface area contributed by atoms with E-state index in [0.29, 0.717) is 9.46 Å². The molecule has 114 valence electrons. The molecule has 0 fully saturated rings. The van der Waals surface area contributed by atoms with Crippen molar-refractivity contribution in [2.24, 2.45) is 0 Å². The molecule has 0 unspecified atom stereocenters. The highest BCUT2D eigenvalue weighted by Crippen LogP contribution is 2.19. The summed E-state index contributed by atoms with van der Waals surface area (Å²) in [5.74, 6) is -1.35. The Morgan fingerprint density at radius 3 is 1.27 bits per heavy atom. The average Bonchev–Trinajstić information content (AvgIpc) is 2.95. The predicted octanol–water partition coefficient (Wildman–Crippen LogP) is -1.27. The number of aromatic nitrogens is 2. The highest BCUT2D eigenvalue weighted by atomic mass is 16.7. The molecule has 0 spiro atoms. The van der Waals surface area contributed by atoms with Crippen LogP contribution in [0.5, 0.6) is 23.5 Å². The maximum atomic E-state index is 11.3. The highest BCUT2D eigenvalue weighted by Gasteiger charge is 2.12. The minimum Gasteiger partial charge on any atom is -0.492 e. The normalized spacial score (nSPS) is 9.64. The number of hydrogen-bond acceptors (Lipinski definition) is 8. The topological polar surface area (TPSA) is 143 Å². The molecule has 0 radical (unpaired) electrons. The lowest BCUT2D eigenvalue weighted by Crippen LogP contribution is -2.19. The van der Waals surface area contributed by atoms with Crippen molar-refractivity contribution in [1.82, 2.24) is 9.46 Å². The van der Waals surface area contributed by atoms with Crippen LogP contribution in [-0.4, -0.2) is 41.8 Å². The van der Waals surface area contributed by atoms with Gasteiger partial charge in [-0.2, -0.15) is 0 Å². The first-order valence-electron chi connectivity index (χ1n) is 5.54. The van der Waals surface area contributed by atoms with Crippen LogP contribution in [-0.2, 0) is 9.59 Å².